The van der Waals surface area contributed by atoms with Crippen LogP contribution >= 0.6 is 23.2 Å². The Kier molecular flexibility index (Phi) is 8.50. The lowest BCUT2D eigenvalue weighted by Gasteiger charge is -2.37. The molecular weight excluding hydrogens is 375 g/mol. The summed E-state index contributed by atoms with van der Waals surface area (Å²) in [4.78, 5) is 0. The molecule has 2 unspecified atom stereocenters. The third-order valence-electron chi connectivity index (χ3n) is 3.43. The van der Waals surface area contributed by atoms with E-state index in [4.69, 9.17) is 32.1 Å². The maximum atomic E-state index is 6.56. The van der Waals surface area contributed by atoms with Crippen molar-refractivity contribution in [2.45, 2.75) is 77.7 Å². The highest BCUT2D eigenvalue weighted by Gasteiger charge is 2.34. The van der Waals surface area contributed by atoms with Crippen LogP contribution in [0, 0.1) is 0 Å². The van der Waals surface area contributed by atoms with Crippen molar-refractivity contribution in [2.24, 2.45) is 0 Å². The van der Waals surface area contributed by atoms with Crippen LogP contribution in [0.5, 0.6) is 0 Å². The Hall–Kier alpha value is 0.154. The van der Waals surface area contributed by atoms with Gasteiger partial charge in [-0.15, -0.1) is 0 Å². The molecule has 0 N–H and O–H groups in total. The van der Waals surface area contributed by atoms with Crippen molar-refractivity contribution in [1.82, 2.24) is 0 Å². The summed E-state index contributed by atoms with van der Waals surface area (Å²) < 4.78 is 13.1. The minimum atomic E-state index is -1.77. The van der Waals surface area contributed by atoms with Crippen LogP contribution in [-0.2, 0) is 8.85 Å². The van der Waals surface area contributed by atoms with E-state index >= 15 is 0 Å². The van der Waals surface area contributed by atoms with Gasteiger partial charge in [-0.3, -0.25) is 0 Å². The van der Waals surface area contributed by atoms with Crippen molar-refractivity contribution in [3.05, 3.63) is 33.8 Å². The molecule has 0 saturated heterocycles. The molecule has 2 nitrogen and oxygen atoms in total. The van der Waals surface area contributed by atoms with E-state index < -0.39 is 16.6 Å². The minimum Gasteiger partial charge on any atom is -0.412 e. The van der Waals surface area contributed by atoms with Gasteiger partial charge < -0.3 is 8.85 Å². The van der Waals surface area contributed by atoms with Crippen molar-refractivity contribution >= 4 is 39.8 Å². The first-order valence-electron chi connectivity index (χ1n) is 8.73. The average molecular weight is 408 g/mol. The molecular formula is C18H32Cl2O2Si2. The lowest BCUT2D eigenvalue weighted by atomic mass is 10.0. The van der Waals surface area contributed by atoms with Crippen LogP contribution in [0.2, 0.25) is 49.3 Å². The Morgan fingerprint density at radius 3 is 2.00 bits per heavy atom. The fraction of sp³-hybridized carbons (Fsp3) is 0.667. The second-order valence-electron chi connectivity index (χ2n) is 8.23. The lowest BCUT2D eigenvalue weighted by Crippen LogP contribution is -2.40. The fourth-order valence-electron chi connectivity index (χ4n) is 2.58. The van der Waals surface area contributed by atoms with Crippen molar-refractivity contribution in [1.29, 1.82) is 0 Å². The van der Waals surface area contributed by atoms with Gasteiger partial charge in [0.15, 0.2) is 16.6 Å². The van der Waals surface area contributed by atoms with Gasteiger partial charge in [0.25, 0.3) is 0 Å². The van der Waals surface area contributed by atoms with Gasteiger partial charge >= 0.3 is 0 Å². The molecule has 0 spiro atoms. The summed E-state index contributed by atoms with van der Waals surface area (Å²) in [5.74, 6) is 0. The Balaban J connectivity index is 3.25. The Bertz CT molecular complexity index is 525. The van der Waals surface area contributed by atoms with E-state index in [1.165, 1.54) is 0 Å². The quantitative estimate of drug-likeness (QED) is 0.400. The molecule has 0 aliphatic carbocycles. The van der Waals surface area contributed by atoms with Crippen molar-refractivity contribution in [3.8, 4) is 0 Å². The van der Waals surface area contributed by atoms with E-state index in [0.717, 1.165) is 24.8 Å². The number of unbranched alkanes of at least 4 members (excludes halogenated alkanes) is 1. The maximum Gasteiger partial charge on any atom is 0.184 e. The molecule has 0 aliphatic heterocycles. The number of benzene rings is 1. The highest BCUT2D eigenvalue weighted by Crippen LogP contribution is 2.36. The van der Waals surface area contributed by atoms with Crippen LogP contribution in [0.4, 0.5) is 0 Å². The van der Waals surface area contributed by atoms with Gasteiger partial charge in [-0.25, -0.2) is 0 Å². The standard InChI is InChI=1S/C18H32Cl2O2Si2/c1-8-9-10-17(21-23(2,3)4)18(22-24(5,6)7)15-12-11-14(19)13-16(15)20/h11-13,17-18H,8-10H2,1-7H3. The first-order valence-corrected chi connectivity index (χ1v) is 16.3. The first kappa shape index (κ1) is 22.2. The Morgan fingerprint density at radius 2 is 1.54 bits per heavy atom. The zero-order chi connectivity index (χ0) is 18.5. The van der Waals surface area contributed by atoms with E-state index in [2.05, 4.69) is 46.2 Å². The van der Waals surface area contributed by atoms with E-state index in [1.807, 2.05) is 12.1 Å². The molecule has 0 bridgehead atoms. The van der Waals surface area contributed by atoms with E-state index in [9.17, 15) is 0 Å². The van der Waals surface area contributed by atoms with Crippen LogP contribution in [0.15, 0.2) is 18.2 Å². The summed E-state index contributed by atoms with van der Waals surface area (Å²) in [7, 11) is -3.48. The van der Waals surface area contributed by atoms with Crippen molar-refractivity contribution in [3.63, 3.8) is 0 Å². The maximum absolute atomic E-state index is 6.56. The monoisotopic (exact) mass is 406 g/mol. The molecule has 1 aromatic rings. The van der Waals surface area contributed by atoms with Gasteiger partial charge in [0.2, 0.25) is 0 Å². The van der Waals surface area contributed by atoms with Gasteiger partial charge in [-0.05, 0) is 57.8 Å². The highest BCUT2D eigenvalue weighted by molar-refractivity contribution is 6.70. The van der Waals surface area contributed by atoms with Gasteiger partial charge in [0.1, 0.15) is 0 Å². The van der Waals surface area contributed by atoms with Gasteiger partial charge in [-0.2, -0.15) is 0 Å². The average Bonchev–Trinajstić information content (AvgIpc) is 2.39. The summed E-state index contributed by atoms with van der Waals surface area (Å²) in [6.07, 6.45) is 3.13. The predicted molar refractivity (Wildman–Crippen MR) is 111 cm³/mol. The molecule has 138 valence electrons. The second kappa shape index (κ2) is 9.20. The van der Waals surface area contributed by atoms with Gasteiger partial charge in [0.05, 0.1) is 12.2 Å². The van der Waals surface area contributed by atoms with Gasteiger partial charge in [-0.1, -0.05) is 49.0 Å². The molecule has 0 radical (unpaired) electrons. The third-order valence-corrected chi connectivity index (χ3v) is 5.97. The van der Waals surface area contributed by atoms with Crippen molar-refractivity contribution in [2.75, 3.05) is 0 Å². The molecule has 1 rings (SSSR count). The molecule has 2 atom stereocenters. The molecule has 1 aromatic carbocycles. The van der Waals surface area contributed by atoms with E-state index in [1.54, 1.807) is 6.07 Å². The van der Waals surface area contributed by atoms with Crippen LogP contribution in [0.1, 0.15) is 37.9 Å². The zero-order valence-electron chi connectivity index (χ0n) is 16.1. The number of hydrogen-bond acceptors (Lipinski definition) is 2. The number of halogens is 2. The molecule has 0 aliphatic rings. The zero-order valence-corrected chi connectivity index (χ0v) is 19.6. The Morgan fingerprint density at radius 1 is 0.958 bits per heavy atom. The Labute approximate surface area is 160 Å². The molecule has 0 heterocycles. The molecule has 6 heteroatoms. The molecule has 0 aromatic heterocycles. The van der Waals surface area contributed by atoms with Crippen LogP contribution < -0.4 is 0 Å². The molecule has 0 amide bonds. The van der Waals surface area contributed by atoms with E-state index in [0.29, 0.717) is 10.0 Å². The van der Waals surface area contributed by atoms with Crippen molar-refractivity contribution < 1.29 is 8.85 Å². The summed E-state index contributed by atoms with van der Waals surface area (Å²) >= 11 is 12.6. The summed E-state index contributed by atoms with van der Waals surface area (Å²) in [6, 6.07) is 5.67. The van der Waals surface area contributed by atoms with E-state index in [-0.39, 0.29) is 12.2 Å². The van der Waals surface area contributed by atoms with Gasteiger partial charge in [0, 0.05) is 15.6 Å². The predicted octanol–water partition coefficient (Wildman–Crippen LogP) is 7.30. The normalized spacial score (nSPS) is 15.4. The summed E-state index contributed by atoms with van der Waals surface area (Å²) in [5.41, 5.74) is 0.989. The number of rotatable bonds is 9. The number of hydrogen-bond donors (Lipinski definition) is 0. The third kappa shape index (κ3) is 8.02. The second-order valence-corrected chi connectivity index (χ2v) is 18.0. The lowest BCUT2D eigenvalue weighted by molar-refractivity contribution is 0.0362. The summed E-state index contributed by atoms with van der Waals surface area (Å²) in [5, 5.41) is 1.30. The SMILES string of the molecule is CCCCC(O[Si](C)(C)C)C(O[Si](C)(C)C)c1ccc(Cl)cc1Cl. The first-order chi connectivity index (χ1) is 10.9. The smallest absolute Gasteiger partial charge is 0.184 e. The fourth-order valence-corrected chi connectivity index (χ4v) is 5.29. The summed E-state index contributed by atoms with van der Waals surface area (Å²) in [6.45, 7) is 15.5. The molecule has 0 saturated carbocycles. The molecule has 0 fully saturated rings. The van der Waals surface area contributed by atoms with Crippen LogP contribution in [0.3, 0.4) is 0 Å². The van der Waals surface area contributed by atoms with Crippen LogP contribution in [-0.4, -0.2) is 22.7 Å². The van der Waals surface area contributed by atoms with Crippen LogP contribution in [0.25, 0.3) is 0 Å². The topological polar surface area (TPSA) is 18.5 Å². The largest absolute Gasteiger partial charge is 0.412 e. The highest BCUT2D eigenvalue weighted by atomic mass is 35.5. The minimum absolute atomic E-state index is 0.0296. The molecule has 24 heavy (non-hydrogen) atoms.